The van der Waals surface area contributed by atoms with Crippen LogP contribution in [-0.4, -0.2) is 30.0 Å². The lowest BCUT2D eigenvalue weighted by molar-refractivity contribution is 0.306. The Morgan fingerprint density at radius 2 is 1.80 bits per heavy atom. The van der Waals surface area contributed by atoms with Crippen molar-refractivity contribution in [3.8, 4) is 17.3 Å². The van der Waals surface area contributed by atoms with Crippen molar-refractivity contribution in [2.24, 2.45) is 5.10 Å². The number of benzene rings is 4. The summed E-state index contributed by atoms with van der Waals surface area (Å²) in [5, 5.41) is 6.00. The molecule has 4 aromatic carbocycles. The highest BCUT2D eigenvalue weighted by molar-refractivity contribution is 9.10. The molecule has 6 aromatic rings. The Labute approximate surface area is 245 Å². The molecule has 8 heteroatoms. The van der Waals surface area contributed by atoms with Gasteiger partial charge in [0.05, 0.1) is 17.1 Å². The summed E-state index contributed by atoms with van der Waals surface area (Å²) in [6.07, 6.45) is 1.63. The zero-order valence-electron chi connectivity index (χ0n) is 22.8. The molecule has 6 rings (SSSR count). The maximum Gasteiger partial charge on any atom is 0.282 e. The van der Waals surface area contributed by atoms with Crippen LogP contribution in [0.15, 0.2) is 110 Å². The first-order valence-corrected chi connectivity index (χ1v) is 13.9. The quantitative estimate of drug-likeness (QED) is 0.177. The van der Waals surface area contributed by atoms with Crippen LogP contribution in [0, 0.1) is 6.92 Å². The van der Waals surface area contributed by atoms with Crippen molar-refractivity contribution >= 4 is 49.7 Å². The minimum atomic E-state index is -0.296. The van der Waals surface area contributed by atoms with Crippen LogP contribution in [0.5, 0.6) is 5.75 Å². The molecule has 0 atom stereocenters. The fourth-order valence-electron chi connectivity index (χ4n) is 4.51. The normalized spacial score (nSPS) is 11.5. The summed E-state index contributed by atoms with van der Waals surface area (Å²) in [5.74, 6) is 1.40. The summed E-state index contributed by atoms with van der Waals surface area (Å²) in [4.78, 5) is 20.5. The number of ether oxygens (including phenoxy) is 1. The number of nitrogens with zero attached hydrogens (tertiary/aromatic N) is 4. The second kappa shape index (κ2) is 11.1. The number of hydrogen-bond acceptors (Lipinski definition) is 6. The maximum atomic E-state index is 13.7. The molecule has 0 aliphatic carbocycles. The number of para-hydroxylation sites is 1. The maximum absolute atomic E-state index is 13.7. The summed E-state index contributed by atoms with van der Waals surface area (Å²) in [6, 6.07) is 28.9. The first-order valence-electron chi connectivity index (χ1n) is 13.1. The molecular weight excluding hydrogens is 580 g/mol. The number of hydrogen-bond donors (Lipinski definition) is 0. The molecule has 0 N–H and O–H groups in total. The van der Waals surface area contributed by atoms with Crippen LogP contribution in [0.1, 0.15) is 16.7 Å². The van der Waals surface area contributed by atoms with Crippen molar-refractivity contribution < 1.29 is 9.15 Å². The first kappa shape index (κ1) is 26.5. The fraction of sp³-hybridized carbons (Fsp3) is 0.121. The summed E-state index contributed by atoms with van der Waals surface area (Å²) >= 11 is 3.51. The summed E-state index contributed by atoms with van der Waals surface area (Å²) in [7, 11) is 3.95. The lowest BCUT2D eigenvalue weighted by Gasteiger charge is -2.16. The largest absolute Gasteiger partial charge is 0.488 e. The molecule has 41 heavy (non-hydrogen) atoms. The van der Waals surface area contributed by atoms with Crippen molar-refractivity contribution in [3.05, 3.63) is 123 Å². The van der Waals surface area contributed by atoms with Gasteiger partial charge in [-0.25, -0.2) is 4.98 Å². The molecule has 0 amide bonds. The molecule has 7 nitrogen and oxygen atoms in total. The first-order chi connectivity index (χ1) is 19.9. The lowest BCUT2D eigenvalue weighted by atomic mass is 10.1. The van der Waals surface area contributed by atoms with Crippen LogP contribution < -0.4 is 15.2 Å². The van der Waals surface area contributed by atoms with E-state index in [4.69, 9.17) is 14.1 Å². The third-order valence-electron chi connectivity index (χ3n) is 6.79. The van der Waals surface area contributed by atoms with Gasteiger partial charge in [0.25, 0.3) is 5.56 Å². The molecule has 0 aliphatic rings. The monoisotopic (exact) mass is 606 g/mol. The average Bonchev–Trinajstić information content (AvgIpc) is 3.39. The smallest absolute Gasteiger partial charge is 0.282 e. The summed E-state index contributed by atoms with van der Waals surface area (Å²) in [5.41, 5.74) is 4.92. The molecule has 2 aromatic heterocycles. The van der Waals surface area contributed by atoms with Gasteiger partial charge in [0.2, 0.25) is 5.82 Å². The van der Waals surface area contributed by atoms with Crippen LogP contribution in [0.2, 0.25) is 0 Å². The van der Waals surface area contributed by atoms with Gasteiger partial charge in [0.15, 0.2) is 5.76 Å². The zero-order chi connectivity index (χ0) is 28.5. The average molecular weight is 608 g/mol. The van der Waals surface area contributed by atoms with E-state index < -0.39 is 0 Å². The predicted octanol–water partition coefficient (Wildman–Crippen LogP) is 7.41. The minimum absolute atomic E-state index is 0.296. The SMILES string of the molecule is Cc1ccc(COc2cc(N(C)C)ccc2C=Nn2c(-c3cc4cc(Br)ccc4o3)nc3ccccc3c2=O)cc1. The number of fused-ring (bicyclic) bond motifs is 2. The highest BCUT2D eigenvalue weighted by Crippen LogP contribution is 2.30. The van der Waals surface area contributed by atoms with Crippen molar-refractivity contribution in [3.63, 3.8) is 0 Å². The van der Waals surface area contributed by atoms with Gasteiger partial charge in [-0.1, -0.05) is 57.9 Å². The molecule has 0 radical (unpaired) electrons. The van der Waals surface area contributed by atoms with Crippen LogP contribution >= 0.6 is 15.9 Å². The standard InChI is InChI=1S/C33H27BrN4O3/c1-21-8-10-22(11-9-21)20-40-30-18-26(37(2)3)14-12-23(30)19-35-38-32(36-28-7-5-4-6-27(28)33(38)39)31-17-24-16-25(34)13-15-29(24)41-31/h4-19H,20H2,1-3H3. The van der Waals surface area contributed by atoms with Crippen LogP contribution in [-0.2, 0) is 6.61 Å². The number of halogens is 1. The van der Waals surface area contributed by atoms with Gasteiger partial charge in [-0.15, -0.1) is 0 Å². The van der Waals surface area contributed by atoms with E-state index in [0.717, 1.165) is 26.7 Å². The third kappa shape index (κ3) is 5.51. The summed E-state index contributed by atoms with van der Waals surface area (Å²) in [6.45, 7) is 2.46. The minimum Gasteiger partial charge on any atom is -0.488 e. The Bertz CT molecular complexity index is 1970. The van der Waals surface area contributed by atoms with Crippen molar-refractivity contribution in [1.29, 1.82) is 0 Å². The fourth-order valence-corrected chi connectivity index (χ4v) is 4.89. The summed E-state index contributed by atoms with van der Waals surface area (Å²) < 4.78 is 14.6. The van der Waals surface area contributed by atoms with Gasteiger partial charge in [-0.3, -0.25) is 4.79 Å². The topological polar surface area (TPSA) is 72.9 Å². The van der Waals surface area contributed by atoms with Crippen molar-refractivity contribution in [2.45, 2.75) is 13.5 Å². The molecular formula is C33H27BrN4O3. The number of aromatic nitrogens is 2. The van der Waals surface area contributed by atoms with Gasteiger partial charge in [-0.2, -0.15) is 9.78 Å². The van der Waals surface area contributed by atoms with E-state index in [1.54, 1.807) is 12.3 Å². The van der Waals surface area contributed by atoms with Crippen LogP contribution in [0.4, 0.5) is 5.69 Å². The van der Waals surface area contributed by atoms with E-state index in [1.165, 1.54) is 10.2 Å². The Morgan fingerprint density at radius 1 is 1.00 bits per heavy atom. The van der Waals surface area contributed by atoms with E-state index in [9.17, 15) is 4.79 Å². The number of furan rings is 1. The van der Waals surface area contributed by atoms with Gasteiger partial charge in [0.1, 0.15) is 17.9 Å². The third-order valence-corrected chi connectivity index (χ3v) is 7.29. The molecule has 204 valence electrons. The van der Waals surface area contributed by atoms with Gasteiger partial charge in [-0.05, 0) is 61.0 Å². The Kier molecular flexibility index (Phi) is 7.15. The van der Waals surface area contributed by atoms with E-state index in [2.05, 4.69) is 52.2 Å². The Morgan fingerprint density at radius 3 is 2.61 bits per heavy atom. The molecule has 0 saturated carbocycles. The second-order valence-corrected chi connectivity index (χ2v) is 10.9. The van der Waals surface area contributed by atoms with Crippen LogP contribution in [0.3, 0.4) is 0 Å². The number of aryl methyl sites for hydroxylation is 1. The van der Waals surface area contributed by atoms with Gasteiger partial charge in [0, 0.05) is 41.3 Å². The zero-order valence-corrected chi connectivity index (χ0v) is 24.4. The highest BCUT2D eigenvalue weighted by Gasteiger charge is 2.17. The van der Waals surface area contributed by atoms with Crippen molar-refractivity contribution in [1.82, 2.24) is 9.66 Å². The van der Waals surface area contributed by atoms with Gasteiger partial charge < -0.3 is 14.1 Å². The molecule has 0 unspecified atom stereocenters. The number of anilines is 1. The van der Waals surface area contributed by atoms with E-state index in [1.807, 2.05) is 79.7 Å². The molecule has 0 spiro atoms. The lowest BCUT2D eigenvalue weighted by Crippen LogP contribution is -2.20. The molecule has 2 heterocycles. The molecule has 0 saturated heterocycles. The second-order valence-electron chi connectivity index (χ2n) is 10.00. The highest BCUT2D eigenvalue weighted by atomic mass is 79.9. The Hall–Kier alpha value is -4.69. The number of rotatable bonds is 7. The molecule has 0 aliphatic heterocycles. The van der Waals surface area contributed by atoms with E-state index in [0.29, 0.717) is 40.4 Å². The molecule has 0 bridgehead atoms. The van der Waals surface area contributed by atoms with Gasteiger partial charge >= 0.3 is 0 Å². The molecule has 0 fully saturated rings. The predicted molar refractivity (Wildman–Crippen MR) is 168 cm³/mol. The van der Waals surface area contributed by atoms with Crippen molar-refractivity contribution in [2.75, 3.05) is 19.0 Å². The van der Waals surface area contributed by atoms with E-state index in [-0.39, 0.29) is 5.56 Å². The van der Waals surface area contributed by atoms with E-state index >= 15 is 0 Å². The Balaban J connectivity index is 1.44. The van der Waals surface area contributed by atoms with Crippen LogP contribution in [0.25, 0.3) is 33.5 Å².